The fourth-order valence-corrected chi connectivity index (χ4v) is 1.26. The number of fused-ring (bicyclic) bond motifs is 3. The van der Waals surface area contributed by atoms with Crippen LogP contribution in [-0.4, -0.2) is 24.2 Å². The van der Waals surface area contributed by atoms with Gasteiger partial charge in [0.2, 0.25) is 0 Å². The maximum atomic E-state index is 4.11. The Labute approximate surface area is 67.3 Å². The first-order valence-corrected chi connectivity index (χ1v) is 3.57. The van der Waals surface area contributed by atoms with Crippen molar-refractivity contribution in [3.05, 3.63) is 30.9 Å². The molecule has 0 unspecified atom stereocenters. The number of hydrogen-bond acceptors (Lipinski definition) is 3. The van der Waals surface area contributed by atoms with Gasteiger partial charge in [0.05, 0.1) is 11.7 Å². The SMILES string of the molecule is c1cc2ccn3cnnc3n2n1. The first kappa shape index (κ1) is 5.70. The van der Waals surface area contributed by atoms with E-state index in [9.17, 15) is 0 Å². The Morgan fingerprint density at radius 1 is 1.25 bits per heavy atom. The van der Waals surface area contributed by atoms with Crippen molar-refractivity contribution in [2.45, 2.75) is 0 Å². The molecule has 12 heavy (non-hydrogen) atoms. The lowest BCUT2D eigenvalue weighted by Gasteiger charge is -1.93. The molecule has 0 atom stereocenters. The molecule has 0 aliphatic rings. The zero-order valence-electron chi connectivity index (χ0n) is 6.12. The van der Waals surface area contributed by atoms with Crippen LogP contribution in [0.25, 0.3) is 11.3 Å². The molecule has 0 saturated heterocycles. The minimum absolute atomic E-state index is 0.734. The summed E-state index contributed by atoms with van der Waals surface area (Å²) in [5.74, 6) is 0.734. The van der Waals surface area contributed by atoms with Gasteiger partial charge in [0.15, 0.2) is 0 Å². The van der Waals surface area contributed by atoms with Gasteiger partial charge < -0.3 is 0 Å². The van der Waals surface area contributed by atoms with Crippen LogP contribution in [0.2, 0.25) is 0 Å². The zero-order chi connectivity index (χ0) is 7.97. The van der Waals surface area contributed by atoms with Crippen molar-refractivity contribution in [3.8, 4) is 0 Å². The highest BCUT2D eigenvalue weighted by atomic mass is 15.4. The van der Waals surface area contributed by atoms with Crippen molar-refractivity contribution in [1.82, 2.24) is 24.2 Å². The Kier molecular flexibility index (Phi) is 0.864. The fourth-order valence-electron chi connectivity index (χ4n) is 1.26. The molecule has 3 aromatic heterocycles. The molecule has 0 bridgehead atoms. The Morgan fingerprint density at radius 2 is 2.25 bits per heavy atom. The molecule has 58 valence electrons. The van der Waals surface area contributed by atoms with Crippen molar-refractivity contribution in [3.63, 3.8) is 0 Å². The number of aromatic nitrogens is 5. The lowest BCUT2D eigenvalue weighted by molar-refractivity contribution is 0.929. The average molecular weight is 159 g/mol. The predicted octanol–water partition coefficient (Wildman–Crippen LogP) is 0.377. The van der Waals surface area contributed by atoms with Gasteiger partial charge in [0, 0.05) is 6.20 Å². The van der Waals surface area contributed by atoms with Crippen molar-refractivity contribution in [2.24, 2.45) is 0 Å². The van der Waals surface area contributed by atoms with Gasteiger partial charge >= 0.3 is 0 Å². The van der Waals surface area contributed by atoms with E-state index in [2.05, 4.69) is 15.3 Å². The molecule has 0 fully saturated rings. The monoisotopic (exact) mass is 159 g/mol. The second-order valence-corrected chi connectivity index (χ2v) is 2.52. The average Bonchev–Trinajstić information content (AvgIpc) is 2.71. The second-order valence-electron chi connectivity index (χ2n) is 2.52. The predicted molar refractivity (Wildman–Crippen MR) is 41.7 cm³/mol. The van der Waals surface area contributed by atoms with Crippen LogP contribution in [0.1, 0.15) is 0 Å². The van der Waals surface area contributed by atoms with Gasteiger partial charge in [-0.3, -0.25) is 4.40 Å². The summed E-state index contributed by atoms with van der Waals surface area (Å²) in [4.78, 5) is 0. The quantitative estimate of drug-likeness (QED) is 0.476. The molecular formula is C7H5N5. The van der Waals surface area contributed by atoms with Gasteiger partial charge in [0.25, 0.3) is 5.78 Å². The molecule has 5 nitrogen and oxygen atoms in total. The van der Waals surface area contributed by atoms with Crippen LogP contribution >= 0.6 is 0 Å². The molecule has 0 aromatic carbocycles. The zero-order valence-corrected chi connectivity index (χ0v) is 6.12. The molecule has 0 aliphatic carbocycles. The molecule has 3 rings (SSSR count). The van der Waals surface area contributed by atoms with Gasteiger partial charge in [-0.15, -0.1) is 10.2 Å². The summed E-state index contributed by atoms with van der Waals surface area (Å²) in [6, 6.07) is 3.89. The maximum Gasteiger partial charge on any atom is 0.256 e. The second kappa shape index (κ2) is 1.82. The van der Waals surface area contributed by atoms with Crippen molar-refractivity contribution < 1.29 is 0 Å². The van der Waals surface area contributed by atoms with Crippen molar-refractivity contribution in [1.29, 1.82) is 0 Å². The summed E-state index contributed by atoms with van der Waals surface area (Å²) >= 11 is 0. The highest BCUT2D eigenvalue weighted by molar-refractivity contribution is 5.50. The number of nitrogens with zero attached hydrogens (tertiary/aromatic N) is 5. The molecule has 0 N–H and O–H groups in total. The Morgan fingerprint density at radius 3 is 3.25 bits per heavy atom. The van der Waals surface area contributed by atoms with Crippen LogP contribution in [0.5, 0.6) is 0 Å². The first-order valence-electron chi connectivity index (χ1n) is 3.57. The third-order valence-electron chi connectivity index (χ3n) is 1.82. The van der Waals surface area contributed by atoms with Gasteiger partial charge in [-0.1, -0.05) is 0 Å². The molecule has 0 saturated carbocycles. The summed E-state index contributed by atoms with van der Waals surface area (Å²) in [6.07, 6.45) is 5.30. The number of rotatable bonds is 0. The van der Waals surface area contributed by atoms with E-state index in [1.165, 1.54) is 0 Å². The highest BCUT2D eigenvalue weighted by Gasteiger charge is 2.00. The highest BCUT2D eigenvalue weighted by Crippen LogP contribution is 2.04. The van der Waals surface area contributed by atoms with Crippen LogP contribution in [0.3, 0.4) is 0 Å². The summed E-state index contributed by atoms with van der Waals surface area (Å²) in [5.41, 5.74) is 1.02. The van der Waals surface area contributed by atoms with Crippen LogP contribution in [0.4, 0.5) is 0 Å². The third-order valence-corrected chi connectivity index (χ3v) is 1.82. The standard InChI is InChI=1S/C7H5N5/c1-3-9-12-6(1)2-4-11-5-8-10-7(11)12/h1-5H. The van der Waals surface area contributed by atoms with Crippen molar-refractivity contribution >= 4 is 11.3 Å². The van der Waals surface area contributed by atoms with Gasteiger partial charge in [0.1, 0.15) is 6.33 Å². The molecule has 3 aromatic rings. The van der Waals surface area contributed by atoms with Crippen LogP contribution < -0.4 is 0 Å². The van der Waals surface area contributed by atoms with E-state index in [0.29, 0.717) is 0 Å². The fraction of sp³-hybridized carbons (Fsp3) is 0. The molecule has 3 heterocycles. The Hall–Kier alpha value is -1.91. The normalized spacial score (nSPS) is 11.3. The van der Waals surface area contributed by atoms with E-state index in [0.717, 1.165) is 11.3 Å². The topological polar surface area (TPSA) is 47.5 Å². The summed E-state index contributed by atoms with van der Waals surface area (Å²) < 4.78 is 3.56. The molecule has 0 amide bonds. The van der Waals surface area contributed by atoms with Crippen molar-refractivity contribution in [2.75, 3.05) is 0 Å². The molecule has 0 radical (unpaired) electrons. The largest absolute Gasteiger partial charge is 0.273 e. The smallest absolute Gasteiger partial charge is 0.256 e. The minimum atomic E-state index is 0.734. The summed E-state index contributed by atoms with van der Waals surface area (Å²) in [6.45, 7) is 0. The maximum absolute atomic E-state index is 4.11. The van der Waals surface area contributed by atoms with Crippen LogP contribution in [0, 0.1) is 0 Å². The van der Waals surface area contributed by atoms with E-state index >= 15 is 0 Å². The van der Waals surface area contributed by atoms with E-state index in [-0.39, 0.29) is 0 Å². The van der Waals surface area contributed by atoms with E-state index in [4.69, 9.17) is 0 Å². The van der Waals surface area contributed by atoms with Gasteiger partial charge in [-0.05, 0) is 12.1 Å². The lowest BCUT2D eigenvalue weighted by Crippen LogP contribution is -1.94. The van der Waals surface area contributed by atoms with E-state index in [1.54, 1.807) is 17.0 Å². The van der Waals surface area contributed by atoms with E-state index < -0.39 is 0 Å². The molecule has 5 heteroatoms. The minimum Gasteiger partial charge on any atom is -0.273 e. The summed E-state index contributed by atoms with van der Waals surface area (Å²) in [7, 11) is 0. The first-order chi connectivity index (χ1) is 5.95. The van der Waals surface area contributed by atoms with Crippen LogP contribution in [0.15, 0.2) is 30.9 Å². The lowest BCUT2D eigenvalue weighted by atomic mass is 10.5. The molecule has 0 spiro atoms. The van der Waals surface area contributed by atoms with Crippen LogP contribution in [-0.2, 0) is 0 Å². The Bertz CT molecular complexity index is 485. The Balaban J connectivity index is 2.71. The van der Waals surface area contributed by atoms with Gasteiger partial charge in [-0.2, -0.15) is 9.61 Å². The van der Waals surface area contributed by atoms with E-state index in [1.807, 2.05) is 22.7 Å². The molecular weight excluding hydrogens is 154 g/mol. The summed E-state index contributed by atoms with van der Waals surface area (Å²) in [5, 5.41) is 11.8. The van der Waals surface area contributed by atoms with Gasteiger partial charge in [-0.25, -0.2) is 0 Å². The molecule has 0 aliphatic heterocycles. The number of hydrogen-bond donors (Lipinski definition) is 0. The third kappa shape index (κ3) is 0.554.